The Labute approximate surface area is 128 Å². The summed E-state index contributed by atoms with van der Waals surface area (Å²) in [4.78, 5) is 2.72. The van der Waals surface area contributed by atoms with Gasteiger partial charge in [0.05, 0.1) is 7.11 Å². The number of nitrogens with zero attached hydrogens (tertiary/aromatic N) is 1. The number of piperidine rings is 1. The summed E-state index contributed by atoms with van der Waals surface area (Å²) in [7, 11) is 3.85. The van der Waals surface area contributed by atoms with Gasteiger partial charge in [0.25, 0.3) is 0 Å². The van der Waals surface area contributed by atoms with Crippen LogP contribution in [0.2, 0.25) is 0 Å². The molecule has 3 unspecified atom stereocenters. The zero-order chi connectivity index (χ0) is 14.8. The number of nitrogens with one attached hydrogen (secondary N) is 1. The van der Waals surface area contributed by atoms with Gasteiger partial charge in [0.1, 0.15) is 5.75 Å². The first-order valence-electron chi connectivity index (χ1n) is 8.31. The van der Waals surface area contributed by atoms with Crippen molar-refractivity contribution in [1.29, 1.82) is 0 Å². The monoisotopic (exact) mass is 288 g/mol. The molecular weight excluding hydrogens is 260 g/mol. The van der Waals surface area contributed by atoms with E-state index in [1.54, 1.807) is 7.11 Å². The molecule has 0 aromatic heterocycles. The summed E-state index contributed by atoms with van der Waals surface area (Å²) in [5.41, 5.74) is 2.92. The van der Waals surface area contributed by atoms with Crippen LogP contribution in [0.15, 0.2) is 18.2 Å². The molecule has 3 heteroatoms. The lowest BCUT2D eigenvalue weighted by molar-refractivity contribution is 0.0944. The number of rotatable bonds is 3. The fourth-order valence-corrected chi connectivity index (χ4v) is 4.17. The second-order valence-electron chi connectivity index (χ2n) is 6.68. The van der Waals surface area contributed by atoms with Gasteiger partial charge in [0.2, 0.25) is 0 Å². The molecule has 1 fully saturated rings. The molecule has 0 spiro atoms. The van der Waals surface area contributed by atoms with Crippen molar-refractivity contribution in [2.45, 2.75) is 44.7 Å². The molecule has 3 nitrogen and oxygen atoms in total. The highest BCUT2D eigenvalue weighted by Crippen LogP contribution is 2.36. The standard InChI is InChI=1S/C18H28N2O/c1-13-5-4-10-20(12-13)17-9-6-14-11-15(21-3)7-8-16(14)18(17)19-2/h7-8,11,13,17-19H,4-6,9-10,12H2,1-3H3. The summed E-state index contributed by atoms with van der Waals surface area (Å²) in [5, 5.41) is 3.58. The van der Waals surface area contributed by atoms with Crippen molar-refractivity contribution in [3.05, 3.63) is 29.3 Å². The van der Waals surface area contributed by atoms with Crippen LogP contribution in [-0.4, -0.2) is 38.2 Å². The van der Waals surface area contributed by atoms with Crippen LogP contribution in [0.4, 0.5) is 0 Å². The highest BCUT2D eigenvalue weighted by Gasteiger charge is 2.34. The van der Waals surface area contributed by atoms with E-state index >= 15 is 0 Å². The van der Waals surface area contributed by atoms with Gasteiger partial charge in [0.15, 0.2) is 0 Å². The van der Waals surface area contributed by atoms with Crippen molar-refractivity contribution in [2.75, 3.05) is 27.2 Å². The van der Waals surface area contributed by atoms with E-state index in [0.29, 0.717) is 12.1 Å². The smallest absolute Gasteiger partial charge is 0.119 e. The first-order valence-corrected chi connectivity index (χ1v) is 8.31. The molecule has 2 aliphatic rings. The van der Waals surface area contributed by atoms with E-state index in [0.717, 1.165) is 11.7 Å². The second kappa shape index (κ2) is 6.37. The van der Waals surface area contributed by atoms with Gasteiger partial charge in [-0.1, -0.05) is 13.0 Å². The van der Waals surface area contributed by atoms with Crippen molar-refractivity contribution in [1.82, 2.24) is 10.2 Å². The molecule has 1 saturated heterocycles. The maximum Gasteiger partial charge on any atom is 0.119 e. The number of likely N-dealkylation sites (N-methyl/N-ethyl adjacent to an activating group) is 1. The lowest BCUT2D eigenvalue weighted by Gasteiger charge is -2.44. The van der Waals surface area contributed by atoms with E-state index in [-0.39, 0.29) is 0 Å². The molecule has 3 rings (SSSR count). The van der Waals surface area contributed by atoms with Gasteiger partial charge in [-0.15, -0.1) is 0 Å². The average molecular weight is 288 g/mol. The molecule has 21 heavy (non-hydrogen) atoms. The minimum Gasteiger partial charge on any atom is -0.497 e. The van der Waals surface area contributed by atoms with E-state index in [1.807, 2.05) is 0 Å². The Morgan fingerprint density at radius 1 is 1.29 bits per heavy atom. The molecule has 1 N–H and O–H groups in total. The van der Waals surface area contributed by atoms with Crippen molar-refractivity contribution < 1.29 is 4.74 Å². The molecule has 0 amide bonds. The maximum atomic E-state index is 5.38. The number of likely N-dealkylation sites (tertiary alicyclic amines) is 1. The summed E-state index contributed by atoms with van der Waals surface area (Å²) < 4.78 is 5.38. The Balaban J connectivity index is 1.84. The number of aryl methyl sites for hydroxylation is 1. The quantitative estimate of drug-likeness (QED) is 0.925. The van der Waals surface area contributed by atoms with Gasteiger partial charge in [-0.25, -0.2) is 0 Å². The number of hydrogen-bond acceptors (Lipinski definition) is 3. The van der Waals surface area contributed by atoms with E-state index in [9.17, 15) is 0 Å². The fraction of sp³-hybridized carbons (Fsp3) is 0.667. The Kier molecular flexibility index (Phi) is 4.51. The van der Waals surface area contributed by atoms with Crippen molar-refractivity contribution in [2.24, 2.45) is 5.92 Å². The van der Waals surface area contributed by atoms with Crippen LogP contribution in [-0.2, 0) is 6.42 Å². The lowest BCUT2D eigenvalue weighted by atomic mass is 9.82. The van der Waals surface area contributed by atoms with Crippen LogP contribution in [0, 0.1) is 5.92 Å². The Morgan fingerprint density at radius 3 is 2.86 bits per heavy atom. The van der Waals surface area contributed by atoms with Crippen LogP contribution in [0.25, 0.3) is 0 Å². The summed E-state index contributed by atoms with van der Waals surface area (Å²) in [5.74, 6) is 1.82. The first-order chi connectivity index (χ1) is 10.2. The molecule has 1 aliphatic carbocycles. The summed E-state index contributed by atoms with van der Waals surface area (Å²) >= 11 is 0. The van der Waals surface area contributed by atoms with Crippen LogP contribution < -0.4 is 10.1 Å². The number of benzene rings is 1. The third kappa shape index (κ3) is 2.95. The third-order valence-corrected chi connectivity index (χ3v) is 5.25. The molecule has 1 aromatic carbocycles. The zero-order valence-corrected chi connectivity index (χ0v) is 13.6. The van der Waals surface area contributed by atoms with Gasteiger partial charge in [-0.2, -0.15) is 0 Å². The van der Waals surface area contributed by atoms with E-state index < -0.39 is 0 Å². The predicted molar refractivity (Wildman–Crippen MR) is 86.9 cm³/mol. The number of methoxy groups -OCH3 is 1. The number of fused-ring (bicyclic) bond motifs is 1. The van der Waals surface area contributed by atoms with E-state index in [1.165, 1.54) is 49.9 Å². The normalized spacial score (nSPS) is 30.0. The highest BCUT2D eigenvalue weighted by atomic mass is 16.5. The number of ether oxygens (including phenoxy) is 1. The molecule has 1 heterocycles. The molecule has 1 aromatic rings. The van der Waals surface area contributed by atoms with Gasteiger partial charge < -0.3 is 10.1 Å². The summed E-state index contributed by atoms with van der Waals surface area (Å²) in [6.07, 6.45) is 5.16. The number of hydrogen-bond donors (Lipinski definition) is 1. The van der Waals surface area contributed by atoms with Crippen LogP contribution in [0.3, 0.4) is 0 Å². The maximum absolute atomic E-state index is 5.38. The highest BCUT2D eigenvalue weighted by molar-refractivity contribution is 5.40. The molecular formula is C18H28N2O. The van der Waals surface area contributed by atoms with Crippen molar-refractivity contribution in [3.63, 3.8) is 0 Å². The first kappa shape index (κ1) is 14.9. The molecule has 0 bridgehead atoms. The molecule has 3 atom stereocenters. The van der Waals surface area contributed by atoms with Crippen LogP contribution >= 0.6 is 0 Å². The van der Waals surface area contributed by atoms with Crippen molar-refractivity contribution >= 4 is 0 Å². The topological polar surface area (TPSA) is 24.5 Å². The SMILES string of the molecule is CNC1c2ccc(OC)cc2CCC1N1CCCC(C)C1. The van der Waals surface area contributed by atoms with Crippen molar-refractivity contribution in [3.8, 4) is 5.75 Å². The Morgan fingerprint density at radius 2 is 2.14 bits per heavy atom. The second-order valence-corrected chi connectivity index (χ2v) is 6.68. The summed E-state index contributed by atoms with van der Waals surface area (Å²) in [6, 6.07) is 7.66. The van der Waals surface area contributed by atoms with Crippen LogP contribution in [0.1, 0.15) is 43.4 Å². The molecule has 116 valence electrons. The lowest BCUT2D eigenvalue weighted by Crippen LogP contribution is -2.49. The van der Waals surface area contributed by atoms with Gasteiger partial charge in [0, 0.05) is 18.6 Å². The Bertz CT molecular complexity index is 488. The third-order valence-electron chi connectivity index (χ3n) is 5.25. The minimum atomic E-state index is 0.449. The van der Waals surface area contributed by atoms with E-state index in [4.69, 9.17) is 4.74 Å². The van der Waals surface area contributed by atoms with Gasteiger partial charge >= 0.3 is 0 Å². The molecule has 0 saturated carbocycles. The van der Waals surface area contributed by atoms with E-state index in [2.05, 4.69) is 42.4 Å². The average Bonchev–Trinajstić information content (AvgIpc) is 2.53. The summed E-state index contributed by atoms with van der Waals surface area (Å²) in [6.45, 7) is 4.91. The predicted octanol–water partition coefficient (Wildman–Crippen LogP) is 3.00. The Hall–Kier alpha value is -1.06. The van der Waals surface area contributed by atoms with Crippen LogP contribution in [0.5, 0.6) is 5.75 Å². The minimum absolute atomic E-state index is 0.449. The fourth-order valence-electron chi connectivity index (χ4n) is 4.17. The molecule has 1 aliphatic heterocycles. The largest absolute Gasteiger partial charge is 0.497 e. The molecule has 0 radical (unpaired) electrons. The van der Waals surface area contributed by atoms with Gasteiger partial charge in [-0.05, 0) is 68.5 Å². The zero-order valence-electron chi connectivity index (χ0n) is 13.6. The van der Waals surface area contributed by atoms with Gasteiger partial charge in [-0.3, -0.25) is 4.90 Å².